The molecule has 0 spiro atoms. The topological polar surface area (TPSA) is 0 Å². The second-order valence-electron chi connectivity index (χ2n) is 6.58. The lowest BCUT2D eigenvalue weighted by Crippen LogP contribution is -2.18. The number of rotatable bonds is 2. The van der Waals surface area contributed by atoms with E-state index in [1.807, 2.05) is 13.8 Å². The van der Waals surface area contributed by atoms with E-state index in [-0.39, 0.29) is 10.8 Å². The third-order valence-corrected chi connectivity index (χ3v) is 3.61. The van der Waals surface area contributed by atoms with Gasteiger partial charge in [0.05, 0.1) is 0 Å². The van der Waals surface area contributed by atoms with Gasteiger partial charge in [0.2, 0.25) is 0 Å². The fourth-order valence-electron chi connectivity index (χ4n) is 1.81. The minimum atomic E-state index is 0.241. The van der Waals surface area contributed by atoms with Crippen molar-refractivity contribution in [3.8, 4) is 0 Å². The molecule has 0 aromatic heterocycles. The van der Waals surface area contributed by atoms with Gasteiger partial charge in [0.1, 0.15) is 0 Å². The summed E-state index contributed by atoms with van der Waals surface area (Å²) in [4.78, 5) is 0. The van der Waals surface area contributed by atoms with Crippen LogP contribution in [0.3, 0.4) is 0 Å². The lowest BCUT2D eigenvalue weighted by Gasteiger charge is -2.27. The number of hydrogen-bond donors (Lipinski definition) is 0. The van der Waals surface area contributed by atoms with E-state index in [9.17, 15) is 0 Å². The van der Waals surface area contributed by atoms with Gasteiger partial charge in [0, 0.05) is 0 Å². The van der Waals surface area contributed by atoms with Crippen LogP contribution in [0.5, 0.6) is 0 Å². The summed E-state index contributed by atoms with van der Waals surface area (Å²) in [5, 5.41) is 0. The number of hydrogen-bond acceptors (Lipinski definition) is 0. The summed E-state index contributed by atoms with van der Waals surface area (Å²) < 4.78 is 0. The van der Waals surface area contributed by atoms with Crippen LogP contribution in [0.2, 0.25) is 0 Å². The van der Waals surface area contributed by atoms with E-state index >= 15 is 0 Å². The maximum absolute atomic E-state index is 2.39. The van der Waals surface area contributed by atoms with E-state index < -0.39 is 0 Å². The molecule has 0 heterocycles. The average Bonchev–Trinajstić information content (AvgIpc) is 2.30. The fraction of sp³-hybridized carbons (Fsp3) is 0.667. The highest BCUT2D eigenvalue weighted by Gasteiger charge is 2.21. The van der Waals surface area contributed by atoms with Gasteiger partial charge in [0.25, 0.3) is 0 Å². The molecule has 0 radical (unpaired) electrons. The zero-order valence-electron chi connectivity index (χ0n) is 13.9. The molecule has 1 rings (SSSR count). The van der Waals surface area contributed by atoms with Gasteiger partial charge in [-0.3, -0.25) is 0 Å². The zero-order chi connectivity index (χ0) is 14.6. The van der Waals surface area contributed by atoms with E-state index in [2.05, 4.69) is 66.7 Å². The van der Waals surface area contributed by atoms with Crippen LogP contribution in [0.1, 0.15) is 78.5 Å². The summed E-state index contributed by atoms with van der Waals surface area (Å²) in [5.41, 5.74) is 4.82. The van der Waals surface area contributed by atoms with Gasteiger partial charge in [-0.15, -0.1) is 0 Å². The van der Waals surface area contributed by atoms with Gasteiger partial charge in [0.15, 0.2) is 0 Å². The van der Waals surface area contributed by atoms with Crippen LogP contribution in [0, 0.1) is 6.92 Å². The van der Waals surface area contributed by atoms with Gasteiger partial charge in [-0.1, -0.05) is 79.2 Å². The predicted octanol–water partition coefficient (Wildman–Crippen LogP) is 6.01. The minimum absolute atomic E-state index is 0.241. The first kappa shape index (κ1) is 17.2. The third-order valence-electron chi connectivity index (χ3n) is 3.61. The first-order valence-corrected chi connectivity index (χ1v) is 7.29. The van der Waals surface area contributed by atoms with Gasteiger partial charge in [-0.05, 0) is 35.3 Å². The molecule has 0 amide bonds. The number of benzene rings is 1. The largest absolute Gasteiger partial charge is 0.0683 e. The Morgan fingerprint density at radius 2 is 1.28 bits per heavy atom. The van der Waals surface area contributed by atoms with Crippen molar-refractivity contribution < 1.29 is 0 Å². The highest BCUT2D eigenvalue weighted by Crippen LogP contribution is 2.32. The van der Waals surface area contributed by atoms with Crippen LogP contribution >= 0.6 is 0 Å². The maximum atomic E-state index is 2.39. The Balaban J connectivity index is 0.00000137. The second kappa shape index (κ2) is 6.41. The normalized spacial score (nSPS) is 11.8. The molecule has 18 heavy (non-hydrogen) atoms. The monoisotopic (exact) mass is 248 g/mol. The molecule has 0 nitrogen and oxygen atoms in total. The molecule has 0 aliphatic rings. The molecule has 0 saturated carbocycles. The molecule has 1 aromatic carbocycles. The van der Waals surface area contributed by atoms with Crippen molar-refractivity contribution in [3.05, 3.63) is 34.9 Å². The first-order chi connectivity index (χ1) is 8.16. The predicted molar refractivity (Wildman–Crippen MR) is 84.5 cm³/mol. The van der Waals surface area contributed by atoms with Crippen molar-refractivity contribution in [2.75, 3.05) is 0 Å². The van der Waals surface area contributed by atoms with Crippen LogP contribution in [-0.4, -0.2) is 0 Å². The SMILES string of the molecule is CC.CCC(C)(C)c1cc(C)cc(C(C)(C)C)c1. The Kier molecular flexibility index (Phi) is 6.13. The standard InChI is InChI=1S/C16H26.C2H6/c1-8-16(6,7)14-10-12(2)9-13(11-14)15(3,4)5;1-2/h9-11H,8H2,1-7H3;1-2H3. The van der Waals surface area contributed by atoms with E-state index in [1.54, 1.807) is 0 Å². The summed E-state index contributed by atoms with van der Waals surface area (Å²) in [6.07, 6.45) is 1.18. The van der Waals surface area contributed by atoms with Gasteiger partial charge in [-0.2, -0.15) is 0 Å². The van der Waals surface area contributed by atoms with Crippen molar-refractivity contribution in [3.63, 3.8) is 0 Å². The highest BCUT2D eigenvalue weighted by molar-refractivity contribution is 5.36. The molecule has 0 N–H and O–H groups in total. The van der Waals surface area contributed by atoms with E-state index in [1.165, 1.54) is 23.1 Å². The summed E-state index contributed by atoms with van der Waals surface area (Å²) in [6, 6.07) is 7.03. The molecule has 0 unspecified atom stereocenters. The molecule has 1 aromatic rings. The molecule has 0 atom stereocenters. The van der Waals surface area contributed by atoms with Crippen LogP contribution in [0.25, 0.3) is 0 Å². The Hall–Kier alpha value is -0.780. The minimum Gasteiger partial charge on any atom is -0.0683 e. The van der Waals surface area contributed by atoms with Crippen LogP contribution < -0.4 is 0 Å². The fourth-order valence-corrected chi connectivity index (χ4v) is 1.81. The Labute approximate surface area is 115 Å². The lowest BCUT2D eigenvalue weighted by molar-refractivity contribution is 0.502. The van der Waals surface area contributed by atoms with Gasteiger partial charge >= 0.3 is 0 Å². The Morgan fingerprint density at radius 1 is 0.833 bits per heavy atom. The van der Waals surface area contributed by atoms with Gasteiger partial charge in [-0.25, -0.2) is 0 Å². The Bertz CT molecular complexity index is 364. The van der Waals surface area contributed by atoms with Crippen LogP contribution in [0.15, 0.2) is 18.2 Å². The van der Waals surface area contributed by atoms with Crippen molar-refractivity contribution in [1.82, 2.24) is 0 Å². The summed E-state index contributed by atoms with van der Waals surface area (Å²) in [7, 11) is 0. The van der Waals surface area contributed by atoms with E-state index in [0.29, 0.717) is 0 Å². The average molecular weight is 248 g/mol. The van der Waals surface area contributed by atoms with E-state index in [0.717, 1.165) is 0 Å². The van der Waals surface area contributed by atoms with Crippen LogP contribution in [0.4, 0.5) is 0 Å². The third kappa shape index (κ3) is 4.48. The van der Waals surface area contributed by atoms with Crippen molar-refractivity contribution in [2.45, 2.75) is 79.6 Å². The first-order valence-electron chi connectivity index (χ1n) is 7.29. The molecule has 104 valence electrons. The summed E-state index contributed by atoms with van der Waals surface area (Å²) >= 11 is 0. The molecular formula is C18H32. The molecule has 0 bridgehead atoms. The molecule has 0 aliphatic heterocycles. The molecule has 0 saturated heterocycles. The maximum Gasteiger partial charge on any atom is -0.0106 e. The van der Waals surface area contributed by atoms with Crippen molar-refractivity contribution in [2.24, 2.45) is 0 Å². The smallest absolute Gasteiger partial charge is 0.0106 e. The molecule has 0 fully saturated rings. The van der Waals surface area contributed by atoms with E-state index in [4.69, 9.17) is 0 Å². The van der Waals surface area contributed by atoms with Crippen molar-refractivity contribution >= 4 is 0 Å². The highest BCUT2D eigenvalue weighted by atomic mass is 14.3. The summed E-state index contributed by atoms with van der Waals surface area (Å²) in [5.74, 6) is 0. The lowest BCUT2D eigenvalue weighted by atomic mass is 9.77. The zero-order valence-corrected chi connectivity index (χ0v) is 13.9. The quantitative estimate of drug-likeness (QED) is 0.601. The second-order valence-corrected chi connectivity index (χ2v) is 6.58. The van der Waals surface area contributed by atoms with Crippen molar-refractivity contribution in [1.29, 1.82) is 0 Å². The molecular weight excluding hydrogens is 216 g/mol. The molecule has 0 heteroatoms. The number of aryl methyl sites for hydroxylation is 1. The van der Waals surface area contributed by atoms with Crippen LogP contribution in [-0.2, 0) is 10.8 Å². The Morgan fingerprint density at radius 3 is 1.67 bits per heavy atom. The molecule has 0 aliphatic carbocycles. The summed E-state index contributed by atoms with van der Waals surface area (Å²) in [6.45, 7) is 20.0. The van der Waals surface area contributed by atoms with Gasteiger partial charge < -0.3 is 0 Å².